The first-order valence-electron chi connectivity index (χ1n) is 13.0. The SMILES string of the molecule is O=C(O)/C=C/C(=O)Cc1ccc(C(c2ccccc2)(c2ccccc2)c2ccc(CC(=O)/C=C/C(=O)O)cc2)cc1. The highest BCUT2D eigenvalue weighted by molar-refractivity contribution is 5.97. The Kier molecular flexibility index (Phi) is 9.17. The van der Waals surface area contributed by atoms with Gasteiger partial charge in [0.1, 0.15) is 0 Å². The van der Waals surface area contributed by atoms with Crippen LogP contribution in [0.5, 0.6) is 0 Å². The monoisotopic (exact) mass is 544 g/mol. The van der Waals surface area contributed by atoms with E-state index in [1.165, 1.54) is 0 Å². The average molecular weight is 545 g/mol. The van der Waals surface area contributed by atoms with Gasteiger partial charge in [0.25, 0.3) is 0 Å². The molecule has 0 radical (unpaired) electrons. The van der Waals surface area contributed by atoms with Crippen LogP contribution in [0.3, 0.4) is 0 Å². The van der Waals surface area contributed by atoms with Crippen molar-refractivity contribution in [3.05, 3.63) is 167 Å². The Morgan fingerprint density at radius 1 is 0.463 bits per heavy atom. The molecule has 0 fully saturated rings. The zero-order valence-corrected chi connectivity index (χ0v) is 22.1. The highest BCUT2D eigenvalue weighted by Gasteiger charge is 2.38. The van der Waals surface area contributed by atoms with Crippen molar-refractivity contribution in [2.75, 3.05) is 0 Å². The van der Waals surface area contributed by atoms with Crippen LogP contribution < -0.4 is 0 Å². The molecule has 0 spiro atoms. The summed E-state index contributed by atoms with van der Waals surface area (Å²) in [6, 6.07) is 35.6. The van der Waals surface area contributed by atoms with Crippen molar-refractivity contribution < 1.29 is 29.4 Å². The van der Waals surface area contributed by atoms with Gasteiger partial charge in [-0.1, -0.05) is 109 Å². The van der Waals surface area contributed by atoms with E-state index < -0.39 is 17.4 Å². The Morgan fingerprint density at radius 2 is 0.780 bits per heavy atom. The lowest BCUT2D eigenvalue weighted by atomic mass is 9.65. The molecule has 0 saturated carbocycles. The summed E-state index contributed by atoms with van der Waals surface area (Å²) in [4.78, 5) is 46.0. The third-order valence-electron chi connectivity index (χ3n) is 6.77. The second-order valence-corrected chi connectivity index (χ2v) is 9.51. The molecule has 6 nitrogen and oxygen atoms in total. The third kappa shape index (κ3) is 6.99. The van der Waals surface area contributed by atoms with Crippen molar-refractivity contribution in [3.63, 3.8) is 0 Å². The van der Waals surface area contributed by atoms with E-state index in [0.717, 1.165) is 57.7 Å². The molecular formula is C35H28O6. The smallest absolute Gasteiger partial charge is 0.328 e. The molecule has 4 aromatic carbocycles. The predicted molar refractivity (Wildman–Crippen MR) is 156 cm³/mol. The quantitative estimate of drug-likeness (QED) is 0.178. The molecule has 0 aromatic heterocycles. The van der Waals surface area contributed by atoms with Crippen molar-refractivity contribution in [3.8, 4) is 0 Å². The molecule has 0 unspecified atom stereocenters. The summed E-state index contributed by atoms with van der Waals surface area (Å²) in [5.74, 6) is -2.95. The fourth-order valence-electron chi connectivity index (χ4n) is 4.97. The van der Waals surface area contributed by atoms with Gasteiger partial charge in [0.05, 0.1) is 5.41 Å². The van der Waals surface area contributed by atoms with E-state index in [1.54, 1.807) is 0 Å². The number of allylic oxidation sites excluding steroid dienone is 2. The molecule has 0 saturated heterocycles. The second kappa shape index (κ2) is 13.1. The fraction of sp³-hybridized carbons (Fsp3) is 0.0857. The lowest BCUT2D eigenvalue weighted by Crippen LogP contribution is -2.31. The summed E-state index contributed by atoms with van der Waals surface area (Å²) in [5.41, 5.74) is 4.74. The molecule has 204 valence electrons. The van der Waals surface area contributed by atoms with Crippen molar-refractivity contribution in [2.45, 2.75) is 18.3 Å². The summed E-state index contributed by atoms with van der Waals surface area (Å²) in [5, 5.41) is 17.6. The maximum Gasteiger partial charge on any atom is 0.328 e. The first-order chi connectivity index (χ1) is 19.8. The van der Waals surface area contributed by atoms with Gasteiger partial charge in [-0.15, -0.1) is 0 Å². The van der Waals surface area contributed by atoms with Gasteiger partial charge in [0.15, 0.2) is 11.6 Å². The molecule has 0 bridgehead atoms. The van der Waals surface area contributed by atoms with E-state index in [0.29, 0.717) is 0 Å². The molecule has 41 heavy (non-hydrogen) atoms. The van der Waals surface area contributed by atoms with E-state index in [9.17, 15) is 19.2 Å². The predicted octanol–water partition coefficient (Wildman–Crippen LogP) is 5.57. The number of hydrogen-bond donors (Lipinski definition) is 2. The van der Waals surface area contributed by atoms with E-state index in [-0.39, 0.29) is 24.4 Å². The van der Waals surface area contributed by atoms with Crippen molar-refractivity contribution in [1.82, 2.24) is 0 Å². The summed E-state index contributed by atoms with van der Waals surface area (Å²) < 4.78 is 0. The van der Waals surface area contributed by atoms with Gasteiger partial charge in [-0.05, 0) is 45.5 Å². The Hall–Kier alpha value is -5.36. The number of carboxylic acid groups (broad SMARTS) is 2. The van der Waals surface area contributed by atoms with E-state index in [2.05, 4.69) is 24.3 Å². The van der Waals surface area contributed by atoms with Crippen LogP contribution in [0.15, 0.2) is 133 Å². The van der Waals surface area contributed by atoms with E-state index in [4.69, 9.17) is 10.2 Å². The van der Waals surface area contributed by atoms with Crippen LogP contribution in [0.2, 0.25) is 0 Å². The number of carbonyl (C=O) groups is 4. The molecule has 0 aliphatic carbocycles. The minimum absolute atomic E-state index is 0.0762. The van der Waals surface area contributed by atoms with Gasteiger partial charge in [-0.3, -0.25) is 9.59 Å². The summed E-state index contributed by atoms with van der Waals surface area (Å²) in [7, 11) is 0. The minimum Gasteiger partial charge on any atom is -0.478 e. The van der Waals surface area contributed by atoms with Gasteiger partial charge in [-0.25, -0.2) is 9.59 Å². The summed E-state index contributed by atoms with van der Waals surface area (Å²) in [6.07, 6.45) is 3.97. The van der Waals surface area contributed by atoms with Crippen LogP contribution in [0.1, 0.15) is 33.4 Å². The summed E-state index contributed by atoms with van der Waals surface area (Å²) in [6.45, 7) is 0. The summed E-state index contributed by atoms with van der Waals surface area (Å²) >= 11 is 0. The first-order valence-corrected chi connectivity index (χ1v) is 13.0. The number of carboxylic acids is 2. The van der Waals surface area contributed by atoms with Crippen LogP contribution in [0.4, 0.5) is 0 Å². The van der Waals surface area contributed by atoms with Gasteiger partial charge in [0.2, 0.25) is 0 Å². The number of benzene rings is 4. The molecule has 0 heterocycles. The van der Waals surface area contributed by atoms with Crippen LogP contribution in [-0.2, 0) is 37.4 Å². The van der Waals surface area contributed by atoms with Gasteiger partial charge in [-0.2, -0.15) is 0 Å². The van der Waals surface area contributed by atoms with Gasteiger partial charge < -0.3 is 10.2 Å². The van der Waals surface area contributed by atoms with Crippen LogP contribution >= 0.6 is 0 Å². The highest BCUT2D eigenvalue weighted by atomic mass is 16.4. The van der Waals surface area contributed by atoms with E-state index in [1.807, 2.05) is 84.9 Å². The molecule has 0 aliphatic rings. The highest BCUT2D eigenvalue weighted by Crippen LogP contribution is 2.45. The molecule has 4 rings (SSSR count). The number of ketones is 2. The van der Waals surface area contributed by atoms with Crippen LogP contribution in [-0.4, -0.2) is 33.7 Å². The molecule has 0 amide bonds. The van der Waals surface area contributed by atoms with Gasteiger partial charge in [0, 0.05) is 25.0 Å². The minimum atomic E-state index is -1.17. The number of aliphatic carboxylic acids is 2. The fourth-order valence-corrected chi connectivity index (χ4v) is 4.97. The number of rotatable bonds is 12. The largest absolute Gasteiger partial charge is 0.478 e. The van der Waals surface area contributed by atoms with Crippen LogP contribution in [0.25, 0.3) is 0 Å². The molecule has 0 atom stereocenters. The normalized spacial score (nSPS) is 11.5. The second-order valence-electron chi connectivity index (χ2n) is 9.51. The Morgan fingerprint density at radius 3 is 1.10 bits per heavy atom. The molecule has 2 N–H and O–H groups in total. The van der Waals surface area contributed by atoms with E-state index >= 15 is 0 Å². The number of carbonyl (C=O) groups excluding carboxylic acids is 2. The molecule has 6 heteroatoms. The number of hydrogen-bond acceptors (Lipinski definition) is 4. The standard InChI is InChI=1S/C35H28O6/c36-31(19-21-33(38)39)23-25-11-15-29(16-12-25)35(27-7-3-1-4-8-27,28-9-5-2-6-10-28)30-17-13-26(14-18-30)24-32(37)20-22-34(40)41/h1-22H,23-24H2,(H,38,39)(H,40,41)/b21-19+,22-20+. The lowest BCUT2D eigenvalue weighted by Gasteiger charge is -2.37. The Balaban J connectivity index is 1.81. The molecule has 4 aromatic rings. The zero-order chi connectivity index (χ0) is 29.2. The molecule has 0 aliphatic heterocycles. The lowest BCUT2D eigenvalue weighted by molar-refractivity contribution is -0.132. The van der Waals surface area contributed by atoms with Crippen molar-refractivity contribution in [1.29, 1.82) is 0 Å². The van der Waals surface area contributed by atoms with Crippen molar-refractivity contribution >= 4 is 23.5 Å². The Bertz CT molecular complexity index is 1460. The topological polar surface area (TPSA) is 109 Å². The maximum absolute atomic E-state index is 12.2. The molecular weight excluding hydrogens is 516 g/mol. The van der Waals surface area contributed by atoms with Crippen LogP contribution in [0, 0.1) is 0 Å². The Labute approximate surface area is 237 Å². The third-order valence-corrected chi connectivity index (χ3v) is 6.77. The zero-order valence-electron chi connectivity index (χ0n) is 22.1. The average Bonchev–Trinajstić information content (AvgIpc) is 2.98. The van der Waals surface area contributed by atoms with Crippen molar-refractivity contribution in [2.24, 2.45) is 0 Å². The van der Waals surface area contributed by atoms with Gasteiger partial charge >= 0.3 is 11.9 Å². The maximum atomic E-state index is 12.2. The first kappa shape index (κ1) is 28.6.